The number of aliphatic hydroxyl groups excluding tert-OH is 2. The molecule has 240 valence electrons. The fourth-order valence-electron chi connectivity index (χ4n) is 8.84. The maximum absolute atomic E-state index is 14.6. The van der Waals surface area contributed by atoms with Gasteiger partial charge in [-0.2, -0.15) is 0 Å². The first kappa shape index (κ1) is 32.7. The van der Waals surface area contributed by atoms with E-state index in [-0.39, 0.29) is 41.6 Å². The van der Waals surface area contributed by atoms with Gasteiger partial charge in [0.1, 0.15) is 22.8 Å². The number of rotatable bonds is 6. The lowest BCUT2D eigenvalue weighted by Crippen LogP contribution is -2.69. The van der Waals surface area contributed by atoms with Crippen molar-refractivity contribution in [1.82, 2.24) is 0 Å². The molecule has 1 fully saturated rings. The van der Waals surface area contributed by atoms with E-state index in [1.807, 2.05) is 51.1 Å². The molecule has 45 heavy (non-hydrogen) atoms. The minimum atomic E-state index is -2.63. The van der Waals surface area contributed by atoms with Crippen molar-refractivity contribution < 1.29 is 34.8 Å². The van der Waals surface area contributed by atoms with Crippen LogP contribution in [0.3, 0.4) is 0 Å². The third kappa shape index (κ3) is 4.52. The van der Waals surface area contributed by atoms with E-state index in [1.54, 1.807) is 20.8 Å². The van der Waals surface area contributed by atoms with Gasteiger partial charge in [0.25, 0.3) is 0 Å². The van der Waals surface area contributed by atoms with Crippen molar-refractivity contribution in [3.05, 3.63) is 69.5 Å². The highest BCUT2D eigenvalue weighted by molar-refractivity contribution is 6.24. The van der Waals surface area contributed by atoms with Gasteiger partial charge < -0.3 is 20.4 Å². The second-order valence-electron chi connectivity index (χ2n) is 15.1. The number of hydrogen-bond donors (Lipinski definition) is 4. The zero-order valence-corrected chi connectivity index (χ0v) is 27.8. The van der Waals surface area contributed by atoms with E-state index in [4.69, 9.17) is 0 Å². The molecule has 3 aliphatic rings. The Morgan fingerprint density at radius 3 is 2.09 bits per heavy atom. The molecule has 1 unspecified atom stereocenters. The van der Waals surface area contributed by atoms with E-state index >= 15 is 0 Å². The largest absolute Gasteiger partial charge is 0.508 e. The lowest BCUT2D eigenvalue weighted by molar-refractivity contribution is -0.178. The van der Waals surface area contributed by atoms with Crippen LogP contribution in [0.25, 0.3) is 16.9 Å². The van der Waals surface area contributed by atoms with Gasteiger partial charge in [0.2, 0.25) is 5.78 Å². The molecule has 3 aliphatic carbocycles. The fraction of sp³-hybridized carbons (Fsp3) is 0.500. The number of aliphatic hydroxyl groups is 3. The molecule has 0 radical (unpaired) electrons. The SMILES string of the molecule is CC(=O)C1=C(O)[C@]2(O)C(=O)C3=C(O)c4c(O)c(-c5ccc(CC(C)C)cc5)cc(C(C)C)c4C[C@]3(C)C[C@]2(C)C(C(C)C)C1=O. The van der Waals surface area contributed by atoms with Crippen molar-refractivity contribution in [3.63, 3.8) is 0 Å². The highest BCUT2D eigenvalue weighted by Crippen LogP contribution is 2.65. The minimum absolute atomic E-state index is 0.00727. The molecule has 0 heterocycles. The number of hydrogen-bond acceptors (Lipinski definition) is 7. The summed E-state index contributed by atoms with van der Waals surface area (Å²) in [4.78, 5) is 41.0. The maximum atomic E-state index is 14.6. The molecule has 2 aromatic carbocycles. The van der Waals surface area contributed by atoms with Gasteiger partial charge in [0, 0.05) is 27.9 Å². The van der Waals surface area contributed by atoms with Crippen LogP contribution in [-0.2, 0) is 27.2 Å². The van der Waals surface area contributed by atoms with Gasteiger partial charge in [-0.3, -0.25) is 14.4 Å². The van der Waals surface area contributed by atoms with Crippen LogP contribution in [0.15, 0.2) is 47.2 Å². The molecule has 7 heteroatoms. The average molecular weight is 615 g/mol. The first-order chi connectivity index (χ1) is 20.8. The van der Waals surface area contributed by atoms with Crippen LogP contribution in [-0.4, -0.2) is 43.4 Å². The number of aromatic hydroxyl groups is 1. The number of Topliss-reactive ketones (excluding diaryl/α,β-unsaturated/α-hetero) is 3. The predicted molar refractivity (Wildman–Crippen MR) is 174 cm³/mol. The lowest BCUT2D eigenvalue weighted by atomic mass is 9.43. The summed E-state index contributed by atoms with van der Waals surface area (Å²) in [5, 5.41) is 47.6. The molecule has 0 aromatic heterocycles. The number of fused-ring (bicyclic) bond motifs is 3. The van der Waals surface area contributed by atoms with Crippen LogP contribution in [0.1, 0.15) is 96.9 Å². The number of phenolic OH excluding ortho intramolecular Hbond substituents is 1. The monoisotopic (exact) mass is 614 g/mol. The third-order valence-corrected chi connectivity index (χ3v) is 10.6. The lowest BCUT2D eigenvalue weighted by Gasteiger charge is -2.59. The fourth-order valence-corrected chi connectivity index (χ4v) is 8.84. The Balaban J connectivity index is 1.79. The Hall–Kier alpha value is -3.71. The molecule has 5 rings (SSSR count). The number of ketones is 3. The topological polar surface area (TPSA) is 132 Å². The molecule has 0 amide bonds. The van der Waals surface area contributed by atoms with E-state index in [2.05, 4.69) is 13.8 Å². The van der Waals surface area contributed by atoms with E-state index < -0.39 is 56.8 Å². The summed E-state index contributed by atoms with van der Waals surface area (Å²) in [6.07, 6.45) is 1.25. The third-order valence-electron chi connectivity index (χ3n) is 10.6. The molecule has 0 aliphatic heterocycles. The summed E-state index contributed by atoms with van der Waals surface area (Å²) in [5.74, 6) is -4.68. The van der Waals surface area contributed by atoms with Crippen LogP contribution in [0.2, 0.25) is 0 Å². The highest BCUT2D eigenvalue weighted by Gasteiger charge is 2.72. The van der Waals surface area contributed by atoms with Gasteiger partial charge in [-0.05, 0) is 72.3 Å². The summed E-state index contributed by atoms with van der Waals surface area (Å²) in [6, 6.07) is 9.89. The maximum Gasteiger partial charge on any atom is 0.203 e. The van der Waals surface area contributed by atoms with E-state index in [9.17, 15) is 34.8 Å². The number of carbonyl (C=O) groups is 3. The van der Waals surface area contributed by atoms with Crippen LogP contribution in [0, 0.1) is 28.6 Å². The Bertz CT molecular complexity index is 1690. The summed E-state index contributed by atoms with van der Waals surface area (Å²) >= 11 is 0. The summed E-state index contributed by atoms with van der Waals surface area (Å²) < 4.78 is 0. The van der Waals surface area contributed by atoms with E-state index in [0.717, 1.165) is 24.5 Å². The molecule has 2 aromatic rings. The summed E-state index contributed by atoms with van der Waals surface area (Å²) in [6.45, 7) is 16.5. The molecule has 1 saturated carbocycles. The molecule has 7 nitrogen and oxygen atoms in total. The second-order valence-corrected chi connectivity index (χ2v) is 15.1. The van der Waals surface area contributed by atoms with Crippen molar-refractivity contribution in [2.45, 2.75) is 93.1 Å². The predicted octanol–water partition coefficient (Wildman–Crippen LogP) is 7.18. The van der Waals surface area contributed by atoms with Gasteiger partial charge in [0.15, 0.2) is 17.2 Å². The van der Waals surface area contributed by atoms with Crippen molar-refractivity contribution in [1.29, 1.82) is 0 Å². The van der Waals surface area contributed by atoms with Crippen LogP contribution < -0.4 is 0 Å². The molecule has 4 N–H and O–H groups in total. The highest BCUT2D eigenvalue weighted by atomic mass is 16.3. The molecule has 0 bridgehead atoms. The first-order valence-electron chi connectivity index (χ1n) is 16.0. The molecule has 0 spiro atoms. The Kier molecular flexibility index (Phi) is 7.76. The zero-order valence-electron chi connectivity index (χ0n) is 27.8. The number of benzene rings is 2. The first-order valence-corrected chi connectivity index (χ1v) is 16.0. The number of allylic oxidation sites excluding steroid dienone is 1. The normalized spacial score (nSPS) is 28.2. The molecule has 4 atom stereocenters. The van der Waals surface area contributed by atoms with Crippen molar-refractivity contribution in [2.24, 2.45) is 28.6 Å². The molecule has 0 saturated heterocycles. The van der Waals surface area contributed by atoms with Crippen LogP contribution in [0.4, 0.5) is 0 Å². The summed E-state index contributed by atoms with van der Waals surface area (Å²) in [7, 11) is 0. The minimum Gasteiger partial charge on any atom is -0.508 e. The molecular formula is C38H46O7. The van der Waals surface area contributed by atoms with Gasteiger partial charge in [-0.1, -0.05) is 79.7 Å². The van der Waals surface area contributed by atoms with Crippen molar-refractivity contribution in [2.75, 3.05) is 0 Å². The van der Waals surface area contributed by atoms with Gasteiger partial charge in [-0.15, -0.1) is 0 Å². The smallest absolute Gasteiger partial charge is 0.203 e. The van der Waals surface area contributed by atoms with Gasteiger partial charge >= 0.3 is 0 Å². The van der Waals surface area contributed by atoms with Crippen molar-refractivity contribution >= 4 is 23.1 Å². The standard InChI is InChI=1S/C38H46O7/c1-18(2)14-22-10-12-23(13-11-22)25-15-24(19(3)4)26-16-36(8)17-37(9)29(20(5)6)32(41)27(21(7)39)34(43)38(37,45)35(44)30(36)33(42)28(26)31(25)40/h10-13,15,18-20,29,40,42-43,45H,14,16-17H2,1-9H3/t29?,36-,37-,38+/m1/s1. The zero-order chi connectivity index (χ0) is 33.5. The van der Waals surface area contributed by atoms with Crippen LogP contribution in [0.5, 0.6) is 5.75 Å². The van der Waals surface area contributed by atoms with Crippen LogP contribution >= 0.6 is 0 Å². The van der Waals surface area contributed by atoms with Crippen molar-refractivity contribution in [3.8, 4) is 16.9 Å². The Morgan fingerprint density at radius 2 is 1.58 bits per heavy atom. The number of phenols is 1. The summed E-state index contributed by atoms with van der Waals surface area (Å²) in [5.41, 5.74) is -1.64. The van der Waals surface area contributed by atoms with E-state index in [0.29, 0.717) is 17.0 Å². The Morgan fingerprint density at radius 1 is 0.978 bits per heavy atom. The Labute approximate surface area is 265 Å². The number of carbonyl (C=O) groups excluding carboxylic acids is 3. The second kappa shape index (κ2) is 10.7. The van der Waals surface area contributed by atoms with Gasteiger partial charge in [-0.25, -0.2) is 0 Å². The van der Waals surface area contributed by atoms with E-state index in [1.165, 1.54) is 5.56 Å². The van der Waals surface area contributed by atoms with Gasteiger partial charge in [0.05, 0.1) is 5.56 Å². The average Bonchev–Trinajstić information content (AvgIpc) is 2.90. The molecular weight excluding hydrogens is 568 g/mol. The quantitative estimate of drug-likeness (QED) is 0.254.